The zero-order chi connectivity index (χ0) is 28.4. The molecule has 1 aliphatic heterocycles. The van der Waals surface area contributed by atoms with E-state index in [1.54, 1.807) is 7.11 Å². The topological polar surface area (TPSA) is 243 Å². The third kappa shape index (κ3) is 22.2. The van der Waals surface area contributed by atoms with Gasteiger partial charge in [0.05, 0.1) is 29.8 Å². The van der Waals surface area contributed by atoms with Crippen molar-refractivity contribution >= 4 is 0 Å². The fraction of sp³-hybridized carbons (Fsp3) is 0.455. The van der Waals surface area contributed by atoms with Crippen molar-refractivity contribution in [1.29, 1.82) is 0 Å². The number of ether oxygens (including phenoxy) is 3. The Morgan fingerprint density at radius 1 is 0.692 bits per heavy atom. The van der Waals surface area contributed by atoms with Gasteiger partial charge in [0.25, 0.3) is 0 Å². The molecule has 5 N–H and O–H groups in total. The van der Waals surface area contributed by atoms with E-state index in [1.807, 2.05) is 36.4 Å². The molecular formula is C22H33Cl2N3O11Zn. The number of halogens is 2. The fourth-order valence-corrected chi connectivity index (χ4v) is 3.06. The van der Waals surface area contributed by atoms with E-state index < -0.39 is 20.5 Å². The smallest absolute Gasteiger partial charge is 0.125 e. The van der Waals surface area contributed by atoms with Crippen molar-refractivity contribution in [2.24, 2.45) is 0 Å². The van der Waals surface area contributed by atoms with Crippen LogP contribution in [0.25, 0.3) is 0 Å². The van der Waals surface area contributed by atoms with E-state index in [0.717, 1.165) is 61.9 Å². The molecule has 0 saturated heterocycles. The summed E-state index contributed by atoms with van der Waals surface area (Å²) in [4.78, 5) is 0. The van der Waals surface area contributed by atoms with Crippen molar-refractivity contribution in [3.8, 4) is 11.5 Å². The molecule has 0 spiro atoms. The molecule has 14 nitrogen and oxygen atoms in total. The Bertz CT molecular complexity index is 827. The molecular weight excluding hydrogens is 619 g/mol. The van der Waals surface area contributed by atoms with Gasteiger partial charge >= 0.3 is 0 Å². The Kier molecular flexibility index (Phi) is 20.0. The molecule has 0 amide bonds. The normalized spacial score (nSPS) is 15.9. The second-order valence-corrected chi connectivity index (χ2v) is 9.17. The molecule has 1 aliphatic rings. The molecule has 218 valence electrons. The van der Waals surface area contributed by atoms with Gasteiger partial charge in [0.2, 0.25) is 0 Å². The molecule has 0 atom stereocenters. The quantitative estimate of drug-likeness (QED) is 0.180. The first-order valence-electron chi connectivity index (χ1n) is 11.2. The zero-order valence-electron chi connectivity index (χ0n) is 21.4. The molecule has 3 rings (SSSR count). The molecule has 0 fully saturated rings. The van der Waals surface area contributed by atoms with E-state index in [0.29, 0.717) is 13.2 Å². The monoisotopic (exact) mass is 649 g/mol. The van der Waals surface area contributed by atoms with Crippen LogP contribution < -0.4 is 53.4 Å². The summed E-state index contributed by atoms with van der Waals surface area (Å²) in [5.74, 6) is 1.77. The van der Waals surface area contributed by atoms with Crippen LogP contribution in [0.15, 0.2) is 48.5 Å². The second-order valence-electron chi connectivity index (χ2n) is 7.59. The number of hydrogen-bond donors (Lipinski definition) is 5. The predicted molar refractivity (Wildman–Crippen MR) is 115 cm³/mol. The summed E-state index contributed by atoms with van der Waals surface area (Å²) >= 11 is 0. The number of hydrogen-bond acceptors (Lipinski definition) is 14. The molecule has 0 aromatic heterocycles. The van der Waals surface area contributed by atoms with E-state index in [1.165, 1.54) is 0 Å². The maximum Gasteiger partial charge on any atom is 0.125 e. The van der Waals surface area contributed by atoms with Crippen LogP contribution >= 0.6 is 0 Å². The van der Waals surface area contributed by atoms with Gasteiger partial charge in [0.15, 0.2) is 0 Å². The van der Waals surface area contributed by atoms with Crippen molar-refractivity contribution < 1.29 is 91.4 Å². The summed E-state index contributed by atoms with van der Waals surface area (Å²) in [6.45, 7) is 6.10. The zero-order valence-corrected chi connectivity index (χ0v) is 25.9. The van der Waals surface area contributed by atoms with Gasteiger partial charge in [-0.2, -0.15) is 28.0 Å². The van der Waals surface area contributed by atoms with Gasteiger partial charge < -0.3 is 30.2 Å². The SMILES string of the molecule is COC1COc2ccccc2CNCCNCCNCc2ccccc2OC1.[O-][Cl+3]([O-])([O-])O.[O-][Cl+3]([O-])([O-])O.[Zn]. The molecule has 39 heavy (non-hydrogen) atoms. The third-order valence-electron chi connectivity index (χ3n) is 4.72. The average Bonchev–Trinajstić information content (AvgIpc) is 2.82. The maximum absolute atomic E-state index is 8.60. The van der Waals surface area contributed by atoms with Crippen LogP contribution in [-0.4, -0.2) is 61.9 Å². The molecule has 0 unspecified atom stereocenters. The number of methoxy groups -OCH3 is 1. The van der Waals surface area contributed by atoms with Gasteiger partial charge in [-0.15, -0.1) is 0 Å². The Balaban J connectivity index is 0.00000113. The molecule has 0 bridgehead atoms. The van der Waals surface area contributed by atoms with Gasteiger partial charge in [-0.25, -0.2) is 0 Å². The summed E-state index contributed by atoms with van der Waals surface area (Å²) in [5.41, 5.74) is 2.29. The molecule has 0 radical (unpaired) electrons. The third-order valence-corrected chi connectivity index (χ3v) is 4.72. The van der Waals surface area contributed by atoms with E-state index in [4.69, 9.17) is 51.5 Å². The summed E-state index contributed by atoms with van der Waals surface area (Å²) in [5, 5.41) is 10.4. The summed E-state index contributed by atoms with van der Waals surface area (Å²) in [6, 6.07) is 16.2. The number of nitrogens with one attached hydrogen (secondary N) is 3. The second kappa shape index (κ2) is 20.6. The number of fused-ring (bicyclic) bond motifs is 2. The van der Waals surface area contributed by atoms with Crippen molar-refractivity contribution in [3.05, 3.63) is 59.7 Å². The maximum atomic E-state index is 8.60. The first-order chi connectivity index (χ1) is 17.9. The van der Waals surface area contributed by atoms with Gasteiger partial charge in [-0.1, -0.05) is 36.4 Å². The molecule has 0 saturated carbocycles. The Morgan fingerprint density at radius 2 is 1.03 bits per heavy atom. The molecule has 0 aliphatic carbocycles. The minimum Gasteiger partial charge on any atom is -0.490 e. The van der Waals surface area contributed by atoms with Crippen LogP contribution in [0, 0.1) is 20.5 Å². The van der Waals surface area contributed by atoms with Gasteiger partial charge in [-0.3, -0.25) is 0 Å². The first kappa shape index (κ1) is 37.8. The average molecular weight is 652 g/mol. The van der Waals surface area contributed by atoms with E-state index in [-0.39, 0.29) is 25.6 Å². The van der Waals surface area contributed by atoms with Crippen molar-refractivity contribution in [2.45, 2.75) is 19.2 Å². The number of rotatable bonds is 1. The Hall–Kier alpha value is -1.24. The van der Waals surface area contributed by atoms with Crippen LogP contribution in [0.4, 0.5) is 0 Å². The molecule has 2 aromatic carbocycles. The standard InChI is InChI=1S/C22H31N3O3.2ClHO4.Zn/c1-26-20-16-27-21-8-4-2-6-18(21)14-24-12-10-23-11-13-25-15-19-7-3-5-9-22(19)28-17-20;2*2-1(3,4)5;/h2-9,20,23-25H,10-17H2,1H3;2*(H,2,3,4,5);. The van der Waals surface area contributed by atoms with E-state index >= 15 is 0 Å². The molecule has 17 heteroatoms. The minimum atomic E-state index is -4.69. The van der Waals surface area contributed by atoms with Crippen LogP contribution in [0.2, 0.25) is 0 Å². The number of para-hydroxylation sites is 2. The Morgan fingerprint density at radius 3 is 1.38 bits per heavy atom. The Labute approximate surface area is 243 Å². The van der Waals surface area contributed by atoms with Crippen molar-refractivity contribution in [2.75, 3.05) is 46.5 Å². The summed E-state index contributed by atoms with van der Waals surface area (Å²) < 4.78 is 83.1. The van der Waals surface area contributed by atoms with Crippen LogP contribution in [0.3, 0.4) is 0 Å². The van der Waals surface area contributed by atoms with E-state index in [9.17, 15) is 0 Å². The van der Waals surface area contributed by atoms with Crippen LogP contribution in [0.5, 0.6) is 11.5 Å². The summed E-state index contributed by atoms with van der Waals surface area (Å²) in [7, 11) is -7.70. The molecule has 1 heterocycles. The largest absolute Gasteiger partial charge is 0.490 e. The van der Waals surface area contributed by atoms with Gasteiger partial charge in [0.1, 0.15) is 30.8 Å². The first-order valence-corrected chi connectivity index (χ1v) is 13.7. The number of benzene rings is 2. The van der Waals surface area contributed by atoms with Crippen molar-refractivity contribution in [1.82, 2.24) is 16.0 Å². The van der Waals surface area contributed by atoms with Gasteiger partial charge in [-0.05, 0) is 12.1 Å². The van der Waals surface area contributed by atoms with Crippen LogP contribution in [0.1, 0.15) is 11.1 Å². The summed E-state index contributed by atoms with van der Waals surface area (Å²) in [6.07, 6.45) is -0.148. The minimum absolute atomic E-state index is 0. The molecule has 2 aromatic rings. The van der Waals surface area contributed by atoms with E-state index in [2.05, 4.69) is 28.1 Å². The van der Waals surface area contributed by atoms with Crippen LogP contribution in [-0.2, 0) is 37.3 Å². The van der Waals surface area contributed by atoms with Gasteiger partial charge in [0, 0.05) is 77.0 Å². The predicted octanol–water partition coefficient (Wildman–Crippen LogP) is -6.31. The fourth-order valence-electron chi connectivity index (χ4n) is 3.06. The van der Waals surface area contributed by atoms with Crippen molar-refractivity contribution in [3.63, 3.8) is 0 Å².